The lowest BCUT2D eigenvalue weighted by Crippen LogP contribution is -2.14. The van der Waals surface area contributed by atoms with Crippen LogP contribution in [0.5, 0.6) is 11.5 Å². The molecule has 0 saturated heterocycles. The van der Waals surface area contributed by atoms with Gasteiger partial charge in [0.15, 0.2) is 23.9 Å². The fourth-order valence-electron chi connectivity index (χ4n) is 2.91. The molecule has 2 aromatic rings. The van der Waals surface area contributed by atoms with E-state index in [0.717, 1.165) is 5.56 Å². The van der Waals surface area contributed by atoms with Crippen molar-refractivity contribution in [2.75, 3.05) is 18.7 Å². The average Bonchev–Trinajstić information content (AvgIpc) is 3.23. The molecule has 0 radical (unpaired) electrons. The summed E-state index contributed by atoms with van der Waals surface area (Å²) in [4.78, 5) is 36.1. The van der Waals surface area contributed by atoms with E-state index in [2.05, 4.69) is 5.32 Å². The molecule has 0 unspecified atom stereocenters. The van der Waals surface area contributed by atoms with Gasteiger partial charge in [-0.1, -0.05) is 0 Å². The second kappa shape index (κ2) is 6.18. The molecule has 1 amide bonds. The zero-order chi connectivity index (χ0) is 18.3. The highest BCUT2D eigenvalue weighted by molar-refractivity contribution is 6.05. The summed E-state index contributed by atoms with van der Waals surface area (Å²) in [5.74, 6) is -0.340. The van der Waals surface area contributed by atoms with Crippen LogP contribution in [0.2, 0.25) is 0 Å². The minimum atomic E-state index is -0.622. The van der Waals surface area contributed by atoms with E-state index in [9.17, 15) is 14.4 Å². The third-order valence-corrected chi connectivity index (χ3v) is 4.43. The summed E-state index contributed by atoms with van der Waals surface area (Å²) in [6.45, 7) is 1.50. The number of nitrogens with one attached hydrogen (secondary N) is 1. The number of esters is 1. The molecule has 7 nitrogen and oxygen atoms in total. The van der Waals surface area contributed by atoms with Gasteiger partial charge in [-0.05, 0) is 48.9 Å². The summed E-state index contributed by atoms with van der Waals surface area (Å²) in [6, 6.07) is 9.64. The van der Waals surface area contributed by atoms with Crippen molar-refractivity contribution in [3.8, 4) is 11.5 Å². The molecule has 2 aliphatic heterocycles. The monoisotopic (exact) mass is 353 g/mol. The molecule has 0 saturated carbocycles. The molecule has 0 aromatic heterocycles. The lowest BCUT2D eigenvalue weighted by atomic mass is 9.99. The number of carbonyl (C=O) groups excluding carboxylic acids is 3. The van der Waals surface area contributed by atoms with Gasteiger partial charge in [-0.25, -0.2) is 4.79 Å². The molecule has 4 rings (SSSR count). The Morgan fingerprint density at radius 2 is 1.88 bits per heavy atom. The summed E-state index contributed by atoms with van der Waals surface area (Å²) in [5, 5.41) is 2.75. The van der Waals surface area contributed by atoms with E-state index in [0.29, 0.717) is 22.7 Å². The number of benzene rings is 2. The van der Waals surface area contributed by atoms with E-state index in [1.54, 1.807) is 37.3 Å². The Morgan fingerprint density at radius 3 is 2.73 bits per heavy atom. The first-order valence-corrected chi connectivity index (χ1v) is 8.08. The highest BCUT2D eigenvalue weighted by Gasteiger charge is 2.27. The fourth-order valence-corrected chi connectivity index (χ4v) is 2.91. The molecule has 1 atom stereocenters. The molecule has 0 fully saturated rings. The van der Waals surface area contributed by atoms with Gasteiger partial charge in [-0.3, -0.25) is 9.59 Å². The number of hydrogen-bond donors (Lipinski definition) is 1. The molecule has 0 aliphatic carbocycles. The summed E-state index contributed by atoms with van der Waals surface area (Å²) >= 11 is 0. The molecule has 0 spiro atoms. The van der Waals surface area contributed by atoms with Crippen molar-refractivity contribution >= 4 is 23.3 Å². The van der Waals surface area contributed by atoms with Crippen molar-refractivity contribution < 1.29 is 28.6 Å². The van der Waals surface area contributed by atoms with Gasteiger partial charge in [0.2, 0.25) is 12.7 Å². The predicted octanol–water partition coefficient (Wildman–Crippen LogP) is 2.51. The van der Waals surface area contributed by atoms with Gasteiger partial charge in [0.05, 0.1) is 11.5 Å². The molecule has 2 aromatic carbocycles. The number of ketones is 1. The molecule has 132 valence electrons. The minimum Gasteiger partial charge on any atom is -0.454 e. The van der Waals surface area contributed by atoms with Crippen molar-refractivity contribution in [2.24, 2.45) is 0 Å². The number of anilines is 1. The Morgan fingerprint density at radius 1 is 1.12 bits per heavy atom. The van der Waals surface area contributed by atoms with E-state index < -0.39 is 5.97 Å². The number of hydrogen-bond acceptors (Lipinski definition) is 6. The maximum Gasteiger partial charge on any atom is 0.338 e. The second-order valence-corrected chi connectivity index (χ2v) is 6.08. The van der Waals surface area contributed by atoms with Gasteiger partial charge in [0.25, 0.3) is 0 Å². The van der Waals surface area contributed by atoms with Crippen LogP contribution in [0.4, 0.5) is 5.69 Å². The third-order valence-electron chi connectivity index (χ3n) is 4.43. The molecular weight excluding hydrogens is 338 g/mol. The fraction of sp³-hybridized carbons (Fsp3) is 0.211. The van der Waals surface area contributed by atoms with Crippen LogP contribution < -0.4 is 14.8 Å². The number of amides is 1. The SMILES string of the molecule is C[C@@H]1C(=O)Nc2ccc(C(=O)COC(=O)c3ccc4c(c3)OCO4)cc21. The summed E-state index contributed by atoms with van der Waals surface area (Å²) in [6.07, 6.45) is 0. The van der Waals surface area contributed by atoms with E-state index in [1.807, 2.05) is 0 Å². The molecular formula is C19H15NO6. The van der Waals surface area contributed by atoms with E-state index >= 15 is 0 Å². The highest BCUT2D eigenvalue weighted by Crippen LogP contribution is 2.33. The van der Waals surface area contributed by atoms with Crippen LogP contribution in [0.1, 0.15) is 39.1 Å². The van der Waals surface area contributed by atoms with E-state index in [1.165, 1.54) is 6.07 Å². The first-order valence-electron chi connectivity index (χ1n) is 8.08. The number of rotatable bonds is 4. The standard InChI is InChI=1S/C19H15NO6/c1-10-13-6-11(2-4-14(13)20-18(10)22)15(21)8-24-19(23)12-3-5-16-17(7-12)26-9-25-16/h2-7,10H,8-9H2,1H3,(H,20,22)/t10-/m0/s1. The minimum absolute atomic E-state index is 0.0983. The van der Waals surface area contributed by atoms with Gasteiger partial charge in [0, 0.05) is 11.3 Å². The zero-order valence-electron chi connectivity index (χ0n) is 13.9. The van der Waals surface area contributed by atoms with E-state index in [-0.39, 0.29) is 36.6 Å². The lowest BCUT2D eigenvalue weighted by molar-refractivity contribution is -0.116. The Balaban J connectivity index is 1.43. The van der Waals surface area contributed by atoms with Crippen molar-refractivity contribution in [1.82, 2.24) is 0 Å². The first-order chi connectivity index (χ1) is 12.5. The van der Waals surface area contributed by atoms with Crippen molar-refractivity contribution in [3.05, 3.63) is 53.1 Å². The first kappa shape index (κ1) is 16.1. The molecule has 0 bridgehead atoms. The third kappa shape index (κ3) is 2.77. The van der Waals surface area contributed by atoms with Crippen LogP contribution in [0.3, 0.4) is 0 Å². The summed E-state index contributed by atoms with van der Waals surface area (Å²) in [7, 11) is 0. The normalized spacial score (nSPS) is 16.8. The van der Waals surface area contributed by atoms with Crippen LogP contribution in [0.25, 0.3) is 0 Å². The Hall–Kier alpha value is -3.35. The van der Waals surface area contributed by atoms with Gasteiger partial charge in [-0.2, -0.15) is 0 Å². The van der Waals surface area contributed by atoms with Crippen molar-refractivity contribution in [3.63, 3.8) is 0 Å². The maximum atomic E-state index is 12.3. The number of carbonyl (C=O) groups is 3. The van der Waals surface area contributed by atoms with Crippen LogP contribution in [0, 0.1) is 0 Å². The average molecular weight is 353 g/mol. The molecule has 7 heteroatoms. The Kier molecular flexibility index (Phi) is 3.84. The Bertz CT molecular complexity index is 936. The van der Waals surface area contributed by atoms with Gasteiger partial charge < -0.3 is 19.5 Å². The van der Waals surface area contributed by atoms with Gasteiger partial charge in [0.1, 0.15) is 0 Å². The topological polar surface area (TPSA) is 90.9 Å². The molecule has 26 heavy (non-hydrogen) atoms. The van der Waals surface area contributed by atoms with Gasteiger partial charge in [-0.15, -0.1) is 0 Å². The molecule has 2 aliphatic rings. The van der Waals surface area contributed by atoms with Crippen LogP contribution >= 0.6 is 0 Å². The summed E-state index contributed by atoms with van der Waals surface area (Å²) in [5.41, 5.74) is 2.14. The zero-order valence-corrected chi connectivity index (χ0v) is 13.9. The molecule has 2 heterocycles. The second-order valence-electron chi connectivity index (χ2n) is 6.08. The van der Waals surface area contributed by atoms with Crippen molar-refractivity contribution in [2.45, 2.75) is 12.8 Å². The number of Topliss-reactive ketones (excluding diaryl/α,β-unsaturated/α-hetero) is 1. The number of ether oxygens (including phenoxy) is 3. The van der Waals surface area contributed by atoms with Crippen LogP contribution in [-0.4, -0.2) is 31.1 Å². The van der Waals surface area contributed by atoms with Gasteiger partial charge >= 0.3 is 5.97 Å². The predicted molar refractivity (Wildman–Crippen MR) is 90.7 cm³/mol. The van der Waals surface area contributed by atoms with Crippen LogP contribution in [0.15, 0.2) is 36.4 Å². The summed E-state index contributed by atoms with van der Waals surface area (Å²) < 4.78 is 15.5. The smallest absolute Gasteiger partial charge is 0.338 e. The van der Waals surface area contributed by atoms with Crippen LogP contribution in [-0.2, 0) is 9.53 Å². The van der Waals surface area contributed by atoms with E-state index in [4.69, 9.17) is 14.2 Å². The quantitative estimate of drug-likeness (QED) is 0.671. The highest BCUT2D eigenvalue weighted by atomic mass is 16.7. The van der Waals surface area contributed by atoms with Crippen molar-refractivity contribution in [1.29, 1.82) is 0 Å². The number of fused-ring (bicyclic) bond motifs is 2. The lowest BCUT2D eigenvalue weighted by Gasteiger charge is -2.07. The molecule has 1 N–H and O–H groups in total. The maximum absolute atomic E-state index is 12.3. The largest absolute Gasteiger partial charge is 0.454 e. The Labute approximate surface area is 148 Å².